The summed E-state index contributed by atoms with van der Waals surface area (Å²) in [4.78, 5) is 10.5. The van der Waals surface area contributed by atoms with E-state index >= 15 is 0 Å². The van der Waals surface area contributed by atoms with Gasteiger partial charge in [0, 0.05) is 12.3 Å². The standard InChI is InChI=1S/C12H10N6O2/c19-11(20)4-7-17-6-3-9(8-14-17)12-16-15-10-2-1-5-13-18(10)12/h1-3,5-6,8H,4,7H2/p+1. The number of carbonyl (C=O) groups is 1. The van der Waals surface area contributed by atoms with E-state index in [0.29, 0.717) is 18.0 Å². The second-order valence-corrected chi connectivity index (χ2v) is 4.14. The van der Waals surface area contributed by atoms with E-state index in [1.807, 2.05) is 6.07 Å². The largest absolute Gasteiger partial charge is 0.481 e. The van der Waals surface area contributed by atoms with Crippen LogP contribution < -0.4 is 4.68 Å². The molecule has 0 aromatic carbocycles. The molecule has 0 saturated heterocycles. The van der Waals surface area contributed by atoms with Crippen LogP contribution in [0.2, 0.25) is 0 Å². The van der Waals surface area contributed by atoms with Gasteiger partial charge in [-0.25, -0.2) is 0 Å². The molecule has 0 bridgehead atoms. The van der Waals surface area contributed by atoms with Crippen molar-refractivity contribution in [3.8, 4) is 11.4 Å². The fraction of sp³-hybridized carbons (Fsp3) is 0.167. The molecule has 0 saturated carbocycles. The third-order valence-electron chi connectivity index (χ3n) is 2.76. The van der Waals surface area contributed by atoms with Crippen LogP contribution in [0.15, 0.2) is 36.8 Å². The van der Waals surface area contributed by atoms with Crippen molar-refractivity contribution in [3.63, 3.8) is 0 Å². The Morgan fingerprint density at radius 2 is 2.25 bits per heavy atom. The van der Waals surface area contributed by atoms with Crippen molar-refractivity contribution < 1.29 is 14.6 Å². The lowest BCUT2D eigenvalue weighted by molar-refractivity contribution is -0.752. The quantitative estimate of drug-likeness (QED) is 0.668. The van der Waals surface area contributed by atoms with E-state index in [2.05, 4.69) is 20.4 Å². The Kier molecular flexibility index (Phi) is 3.04. The maximum absolute atomic E-state index is 10.5. The normalized spacial score (nSPS) is 10.8. The van der Waals surface area contributed by atoms with Gasteiger partial charge >= 0.3 is 5.97 Å². The van der Waals surface area contributed by atoms with Crippen LogP contribution in [0.3, 0.4) is 0 Å². The van der Waals surface area contributed by atoms with Gasteiger partial charge in [-0.2, -0.15) is 9.61 Å². The van der Waals surface area contributed by atoms with Gasteiger partial charge in [0.1, 0.15) is 12.6 Å². The van der Waals surface area contributed by atoms with Crippen molar-refractivity contribution in [1.29, 1.82) is 0 Å². The van der Waals surface area contributed by atoms with E-state index in [9.17, 15) is 4.79 Å². The molecule has 0 radical (unpaired) electrons. The molecular weight excluding hydrogens is 260 g/mol. The monoisotopic (exact) mass is 271 g/mol. The lowest BCUT2D eigenvalue weighted by atomic mass is 10.3. The van der Waals surface area contributed by atoms with Gasteiger partial charge < -0.3 is 5.11 Å². The first-order chi connectivity index (χ1) is 9.74. The summed E-state index contributed by atoms with van der Waals surface area (Å²) >= 11 is 0. The lowest BCUT2D eigenvalue weighted by Gasteiger charge is -1.97. The fourth-order valence-corrected chi connectivity index (χ4v) is 1.78. The van der Waals surface area contributed by atoms with E-state index in [-0.39, 0.29) is 6.42 Å². The molecule has 0 unspecified atom stereocenters. The Morgan fingerprint density at radius 1 is 1.35 bits per heavy atom. The number of fused-ring (bicyclic) bond motifs is 1. The van der Waals surface area contributed by atoms with E-state index in [4.69, 9.17) is 5.11 Å². The maximum atomic E-state index is 10.5. The molecule has 0 amide bonds. The predicted octanol–water partition coefficient (Wildman–Crippen LogP) is -0.0515. The smallest absolute Gasteiger partial charge is 0.309 e. The van der Waals surface area contributed by atoms with E-state index in [0.717, 1.165) is 5.56 Å². The molecule has 8 nitrogen and oxygen atoms in total. The van der Waals surface area contributed by atoms with Crippen molar-refractivity contribution in [2.75, 3.05) is 0 Å². The molecule has 20 heavy (non-hydrogen) atoms. The minimum absolute atomic E-state index is 0.0342. The summed E-state index contributed by atoms with van der Waals surface area (Å²) in [6.45, 7) is 0.328. The molecule has 3 aromatic heterocycles. The van der Waals surface area contributed by atoms with Gasteiger partial charge in [0.15, 0.2) is 24.2 Å². The van der Waals surface area contributed by atoms with Crippen molar-refractivity contribution in [1.82, 2.24) is 24.9 Å². The molecule has 0 spiro atoms. The molecule has 1 N–H and O–H groups in total. The fourth-order valence-electron chi connectivity index (χ4n) is 1.78. The van der Waals surface area contributed by atoms with Crippen molar-refractivity contribution >= 4 is 11.6 Å². The zero-order chi connectivity index (χ0) is 13.9. The first kappa shape index (κ1) is 12.2. The number of rotatable bonds is 4. The average molecular weight is 271 g/mol. The van der Waals surface area contributed by atoms with Gasteiger partial charge in [0.2, 0.25) is 0 Å². The second kappa shape index (κ2) is 5.00. The number of aromatic nitrogens is 6. The first-order valence-electron chi connectivity index (χ1n) is 5.98. The Bertz CT molecular complexity index is 752. The topological polar surface area (TPSA) is 97.2 Å². The number of hydrogen-bond acceptors (Lipinski definition) is 5. The van der Waals surface area contributed by atoms with E-state index < -0.39 is 5.97 Å². The summed E-state index contributed by atoms with van der Waals surface area (Å²) in [5, 5.41) is 25.1. The van der Waals surface area contributed by atoms with Crippen LogP contribution >= 0.6 is 0 Å². The van der Waals surface area contributed by atoms with E-state index in [1.165, 1.54) is 0 Å². The van der Waals surface area contributed by atoms with Gasteiger partial charge in [0.25, 0.3) is 0 Å². The van der Waals surface area contributed by atoms with Crippen molar-refractivity contribution in [2.24, 2.45) is 0 Å². The maximum Gasteiger partial charge on any atom is 0.309 e. The number of nitrogens with zero attached hydrogens (tertiary/aromatic N) is 6. The third-order valence-corrected chi connectivity index (χ3v) is 2.76. The molecule has 0 fully saturated rings. The molecule has 3 rings (SSSR count). The molecule has 0 aliphatic rings. The number of aryl methyl sites for hydroxylation is 1. The number of hydrogen-bond donors (Lipinski definition) is 1. The molecule has 3 heterocycles. The Morgan fingerprint density at radius 3 is 3.00 bits per heavy atom. The summed E-state index contributed by atoms with van der Waals surface area (Å²) in [5.41, 5.74) is 1.42. The molecule has 0 aliphatic carbocycles. The molecule has 3 aromatic rings. The highest BCUT2D eigenvalue weighted by Gasteiger charge is 2.12. The number of carboxylic acid groups (broad SMARTS) is 1. The first-order valence-corrected chi connectivity index (χ1v) is 5.98. The van der Waals surface area contributed by atoms with E-state index in [1.54, 1.807) is 39.9 Å². The molecular formula is C12H11N6O2+. The second-order valence-electron chi connectivity index (χ2n) is 4.14. The average Bonchev–Trinajstić information content (AvgIpc) is 2.89. The summed E-state index contributed by atoms with van der Waals surface area (Å²) in [5.74, 6) is -0.255. The van der Waals surface area contributed by atoms with Gasteiger partial charge in [-0.05, 0) is 17.2 Å². The van der Waals surface area contributed by atoms with Crippen LogP contribution in [-0.2, 0) is 11.3 Å². The molecule has 8 heteroatoms. The highest BCUT2D eigenvalue weighted by Crippen LogP contribution is 2.14. The number of aliphatic carboxylic acids is 1. The van der Waals surface area contributed by atoms with Gasteiger partial charge in [-0.3, -0.25) is 4.79 Å². The van der Waals surface area contributed by atoms with Gasteiger partial charge in [0.05, 0.1) is 5.56 Å². The summed E-state index contributed by atoms with van der Waals surface area (Å²) in [6.07, 6.45) is 5.02. The Hall–Kier alpha value is -2.90. The highest BCUT2D eigenvalue weighted by molar-refractivity contribution is 5.66. The van der Waals surface area contributed by atoms with Crippen LogP contribution in [-0.4, -0.2) is 36.0 Å². The van der Waals surface area contributed by atoms with Crippen LogP contribution in [0.25, 0.3) is 17.0 Å². The highest BCUT2D eigenvalue weighted by atomic mass is 16.4. The molecule has 0 atom stereocenters. The summed E-state index contributed by atoms with van der Waals surface area (Å²) in [6, 6.07) is 5.41. The summed E-state index contributed by atoms with van der Waals surface area (Å²) < 4.78 is 3.19. The van der Waals surface area contributed by atoms with Crippen LogP contribution in [0, 0.1) is 0 Å². The minimum atomic E-state index is -0.851. The SMILES string of the molecule is O=C(O)CC[n+]1ccc(-c2nnc3cccnn23)cn1. The van der Waals surface area contributed by atoms with Gasteiger partial charge in [-0.15, -0.1) is 10.2 Å². The van der Waals surface area contributed by atoms with Crippen LogP contribution in [0.5, 0.6) is 0 Å². The minimum Gasteiger partial charge on any atom is -0.481 e. The van der Waals surface area contributed by atoms with Crippen molar-refractivity contribution in [3.05, 3.63) is 36.8 Å². The summed E-state index contributed by atoms with van der Waals surface area (Å²) in [7, 11) is 0. The Labute approximate surface area is 113 Å². The van der Waals surface area contributed by atoms with Crippen LogP contribution in [0.4, 0.5) is 0 Å². The van der Waals surface area contributed by atoms with Gasteiger partial charge in [-0.1, -0.05) is 4.68 Å². The lowest BCUT2D eigenvalue weighted by Crippen LogP contribution is -2.38. The Balaban J connectivity index is 1.89. The zero-order valence-electron chi connectivity index (χ0n) is 10.4. The predicted molar refractivity (Wildman–Crippen MR) is 66.5 cm³/mol. The van der Waals surface area contributed by atoms with Crippen molar-refractivity contribution in [2.45, 2.75) is 13.0 Å². The molecule has 0 aliphatic heterocycles. The zero-order valence-corrected chi connectivity index (χ0v) is 10.4. The third kappa shape index (κ3) is 2.30. The molecule has 100 valence electrons. The van der Waals surface area contributed by atoms with Crippen LogP contribution in [0.1, 0.15) is 6.42 Å². The number of carboxylic acids is 1.